The molecule has 35 heavy (non-hydrogen) atoms. The summed E-state index contributed by atoms with van der Waals surface area (Å²) in [6, 6.07) is 0. The van der Waals surface area contributed by atoms with Crippen molar-refractivity contribution in [2.24, 2.45) is 0 Å². The molecule has 0 aromatic carbocycles. The van der Waals surface area contributed by atoms with Gasteiger partial charge in [0.15, 0.2) is 0 Å². The summed E-state index contributed by atoms with van der Waals surface area (Å²) < 4.78 is 0. The summed E-state index contributed by atoms with van der Waals surface area (Å²) in [7, 11) is 0. The third-order valence-corrected chi connectivity index (χ3v) is 4.35. The molecule has 6 N–H and O–H groups in total. The fourth-order valence-corrected chi connectivity index (χ4v) is 2.96. The fraction of sp³-hybridized carbons (Fsp3) is 0.667. The molecule has 0 aromatic heterocycles. The molecule has 0 saturated heterocycles. The number of hydrogen-bond acceptors (Lipinski definition) is 10. The molecule has 16 nitrogen and oxygen atoms in total. The molecule has 0 spiro atoms. The first-order valence-electron chi connectivity index (χ1n) is 9.98. The summed E-state index contributed by atoms with van der Waals surface area (Å²) in [6.45, 7) is -3.36. The van der Waals surface area contributed by atoms with Gasteiger partial charge < -0.3 is 30.6 Å². The number of carboxylic acid groups (broad SMARTS) is 6. The van der Waals surface area contributed by atoms with Gasteiger partial charge in [-0.3, -0.25) is 48.4 Å². The van der Waals surface area contributed by atoms with Gasteiger partial charge in [0.05, 0.1) is 39.3 Å². The molecule has 0 heterocycles. The van der Waals surface area contributed by atoms with Gasteiger partial charge in [0.1, 0.15) is 0 Å². The Hall–Kier alpha value is -2.24. The molecule has 0 bridgehead atoms. The van der Waals surface area contributed by atoms with Crippen LogP contribution < -0.4 is 0 Å². The molecule has 0 rings (SSSR count). The number of hydrogen-bond donors (Lipinski definition) is 6. The van der Waals surface area contributed by atoms with Crippen molar-refractivity contribution in [3.8, 4) is 0 Å². The van der Waals surface area contributed by atoms with Crippen LogP contribution in [0.5, 0.6) is 0 Å². The third-order valence-electron chi connectivity index (χ3n) is 4.35. The number of rotatable bonds is 21. The fourth-order valence-electron chi connectivity index (χ4n) is 2.96. The predicted octanol–water partition coefficient (Wildman–Crippen LogP) is -3.30. The Morgan fingerprint density at radius 2 is 0.486 bits per heavy atom. The first-order chi connectivity index (χ1) is 15.8. The minimum absolute atomic E-state index is 0. The Labute approximate surface area is 225 Å². The van der Waals surface area contributed by atoms with Crippen LogP contribution in [0.2, 0.25) is 0 Å². The Balaban J connectivity index is 0. The molecule has 0 fully saturated rings. The van der Waals surface area contributed by atoms with Crippen LogP contribution in [0.25, 0.3) is 0 Å². The van der Waals surface area contributed by atoms with E-state index < -0.39 is 75.1 Å². The summed E-state index contributed by atoms with van der Waals surface area (Å²) in [5.74, 6) is -7.45. The number of carboxylic acids is 6. The Morgan fingerprint density at radius 1 is 0.343 bits per heavy atom. The molecule has 0 saturated carbocycles. The number of carbonyl (C=O) groups is 6. The molecule has 0 radical (unpaired) electrons. The van der Waals surface area contributed by atoms with Crippen molar-refractivity contribution in [3.05, 3.63) is 0 Å². The van der Waals surface area contributed by atoms with Crippen LogP contribution in [-0.2, 0) is 61.5 Å². The van der Waals surface area contributed by atoms with Gasteiger partial charge in [-0.1, -0.05) is 0 Å². The van der Waals surface area contributed by atoms with Gasteiger partial charge in [-0.25, -0.2) is 0 Å². The van der Waals surface area contributed by atoms with E-state index in [1.165, 1.54) is 9.80 Å². The van der Waals surface area contributed by atoms with Crippen molar-refractivity contribution in [1.82, 2.24) is 19.6 Å². The van der Waals surface area contributed by atoms with E-state index in [1.807, 2.05) is 0 Å². The topological polar surface area (TPSA) is 237 Å². The zero-order valence-corrected chi connectivity index (χ0v) is 21.8. The quantitative estimate of drug-likeness (QED) is 0.0776. The van der Waals surface area contributed by atoms with E-state index in [2.05, 4.69) is 0 Å². The molecular formula is C18H30N4O12Y+3. The molecule has 0 aliphatic carbocycles. The molecule has 0 atom stereocenters. The summed E-state index contributed by atoms with van der Waals surface area (Å²) in [5.41, 5.74) is 0. The van der Waals surface area contributed by atoms with Gasteiger partial charge in [-0.05, 0) is 0 Å². The van der Waals surface area contributed by atoms with E-state index in [-0.39, 0.29) is 72.0 Å². The first-order valence-corrected chi connectivity index (χ1v) is 9.98. The van der Waals surface area contributed by atoms with Crippen molar-refractivity contribution in [2.75, 3.05) is 78.5 Å². The molecule has 0 aliphatic rings. The van der Waals surface area contributed by atoms with E-state index in [0.29, 0.717) is 0 Å². The third kappa shape index (κ3) is 20.8. The Morgan fingerprint density at radius 3 is 0.657 bits per heavy atom. The van der Waals surface area contributed by atoms with Crippen molar-refractivity contribution in [1.29, 1.82) is 0 Å². The zero-order valence-electron chi connectivity index (χ0n) is 19.0. The van der Waals surface area contributed by atoms with Crippen LogP contribution in [0.4, 0.5) is 0 Å². The van der Waals surface area contributed by atoms with E-state index in [9.17, 15) is 28.8 Å². The second-order valence-electron chi connectivity index (χ2n) is 7.34. The first kappa shape index (κ1) is 34.9. The second-order valence-corrected chi connectivity index (χ2v) is 7.34. The summed E-state index contributed by atoms with van der Waals surface area (Å²) >= 11 is 0. The second kappa shape index (κ2) is 19.0. The summed E-state index contributed by atoms with van der Waals surface area (Å²) in [6.07, 6.45) is 0. The standard InChI is InChI=1S/C18H30N4O12.Y/c23-13(24)7-19(3-5-21(9-15(27)28)10-16(29)30)1-2-20(8-14(25)26)4-6-22(11-17(31)32)12-18(33)34;/h1-12H2,(H,23,24)(H,25,26)(H,27,28)(H,29,30)(H,31,32)(H,33,34);/q;+3. The minimum Gasteiger partial charge on any atom is -0.480 e. The van der Waals surface area contributed by atoms with Crippen LogP contribution in [0, 0.1) is 0 Å². The molecular weight excluding hydrogens is 553 g/mol. The number of aliphatic carboxylic acids is 6. The van der Waals surface area contributed by atoms with E-state index in [1.54, 1.807) is 0 Å². The van der Waals surface area contributed by atoms with Gasteiger partial charge in [-0.15, -0.1) is 0 Å². The number of nitrogens with zero attached hydrogens (tertiary/aromatic N) is 4. The van der Waals surface area contributed by atoms with E-state index in [0.717, 1.165) is 9.80 Å². The van der Waals surface area contributed by atoms with Gasteiger partial charge in [0, 0.05) is 39.3 Å². The summed E-state index contributed by atoms with van der Waals surface area (Å²) in [5, 5.41) is 53.8. The molecule has 0 aliphatic heterocycles. The van der Waals surface area contributed by atoms with Crippen molar-refractivity contribution >= 4 is 35.8 Å². The van der Waals surface area contributed by atoms with Crippen molar-refractivity contribution in [2.45, 2.75) is 0 Å². The van der Waals surface area contributed by atoms with E-state index >= 15 is 0 Å². The molecule has 17 heteroatoms. The zero-order chi connectivity index (χ0) is 26.3. The smallest absolute Gasteiger partial charge is 0.480 e. The van der Waals surface area contributed by atoms with E-state index in [4.69, 9.17) is 30.6 Å². The van der Waals surface area contributed by atoms with Crippen LogP contribution in [-0.4, -0.2) is 165 Å². The van der Waals surface area contributed by atoms with Gasteiger partial charge in [0.2, 0.25) is 0 Å². The maximum absolute atomic E-state index is 11.2. The van der Waals surface area contributed by atoms with Crippen LogP contribution >= 0.6 is 0 Å². The maximum atomic E-state index is 11.2. The van der Waals surface area contributed by atoms with Crippen molar-refractivity contribution < 1.29 is 92.1 Å². The van der Waals surface area contributed by atoms with Gasteiger partial charge >= 0.3 is 68.5 Å². The minimum atomic E-state index is -1.26. The SMILES string of the molecule is O=C(O)CN(CCN(CCN(CC(=O)O)CC(=O)O)CC(=O)O)CCN(CC(=O)O)CC(=O)O.[Y+3]. The normalized spacial score (nSPS) is 11.0. The summed E-state index contributed by atoms with van der Waals surface area (Å²) in [4.78, 5) is 71.0. The monoisotopic (exact) mass is 583 g/mol. The Kier molecular flexibility index (Phi) is 19.0. The average molecular weight is 583 g/mol. The van der Waals surface area contributed by atoms with Gasteiger partial charge in [0.25, 0.3) is 0 Å². The van der Waals surface area contributed by atoms with Crippen LogP contribution in [0.15, 0.2) is 0 Å². The Bertz CT molecular complexity index is 646. The largest absolute Gasteiger partial charge is 3.00 e. The predicted molar refractivity (Wildman–Crippen MR) is 112 cm³/mol. The van der Waals surface area contributed by atoms with Gasteiger partial charge in [-0.2, -0.15) is 0 Å². The molecule has 194 valence electrons. The molecule has 0 aromatic rings. The van der Waals surface area contributed by atoms with Crippen LogP contribution in [0.1, 0.15) is 0 Å². The average Bonchev–Trinajstić information content (AvgIpc) is 2.64. The van der Waals surface area contributed by atoms with Crippen LogP contribution in [0.3, 0.4) is 0 Å². The maximum Gasteiger partial charge on any atom is 3.00 e. The molecule has 0 amide bonds. The molecule has 0 unspecified atom stereocenters. The van der Waals surface area contributed by atoms with Crippen molar-refractivity contribution in [3.63, 3.8) is 0 Å².